The molecule has 0 spiro atoms. The maximum atomic E-state index is 12.2. The molecule has 26 heavy (non-hydrogen) atoms. The van der Waals surface area contributed by atoms with Gasteiger partial charge < -0.3 is 14.8 Å². The lowest BCUT2D eigenvalue weighted by molar-refractivity contribution is -0.132. The molecule has 1 aliphatic carbocycles. The van der Waals surface area contributed by atoms with Gasteiger partial charge in [0.15, 0.2) is 0 Å². The molecule has 138 valence electrons. The Balaban J connectivity index is 1.46. The molecule has 0 saturated heterocycles. The summed E-state index contributed by atoms with van der Waals surface area (Å²) >= 11 is 0. The molecule has 4 heteroatoms. The maximum Gasteiger partial charge on any atom is 0.249 e. The molecule has 0 heterocycles. The van der Waals surface area contributed by atoms with Crippen LogP contribution in [0.4, 0.5) is 0 Å². The van der Waals surface area contributed by atoms with Crippen LogP contribution >= 0.6 is 0 Å². The second-order valence-electron chi connectivity index (χ2n) is 6.88. The zero-order valence-corrected chi connectivity index (χ0v) is 15.3. The highest BCUT2D eigenvalue weighted by molar-refractivity contribution is 5.80. The summed E-state index contributed by atoms with van der Waals surface area (Å²) in [6.45, 7) is 4.09. The van der Waals surface area contributed by atoms with Crippen molar-refractivity contribution in [1.29, 1.82) is 0 Å². The van der Waals surface area contributed by atoms with E-state index in [1.807, 2.05) is 49.4 Å². The van der Waals surface area contributed by atoms with Gasteiger partial charge in [0.1, 0.15) is 6.10 Å². The SMILES string of the molecule is CC(OCC1CC1)C(=O)NCc1ccccc1COCc1ccccc1. The third-order valence-corrected chi connectivity index (χ3v) is 4.59. The van der Waals surface area contributed by atoms with Gasteiger partial charge in [0.2, 0.25) is 5.91 Å². The number of rotatable bonds is 10. The van der Waals surface area contributed by atoms with E-state index in [2.05, 4.69) is 17.4 Å². The number of hydrogen-bond acceptors (Lipinski definition) is 3. The fraction of sp³-hybridized carbons (Fsp3) is 0.409. The van der Waals surface area contributed by atoms with Crippen LogP contribution in [0.1, 0.15) is 36.5 Å². The van der Waals surface area contributed by atoms with Crippen LogP contribution < -0.4 is 5.32 Å². The van der Waals surface area contributed by atoms with E-state index in [0.717, 1.165) is 16.7 Å². The molecule has 1 amide bonds. The van der Waals surface area contributed by atoms with Gasteiger partial charge in [-0.25, -0.2) is 0 Å². The van der Waals surface area contributed by atoms with Gasteiger partial charge in [-0.3, -0.25) is 4.79 Å². The van der Waals surface area contributed by atoms with E-state index < -0.39 is 6.10 Å². The molecule has 1 N–H and O–H groups in total. The number of amides is 1. The first kappa shape index (κ1) is 18.6. The third kappa shape index (κ3) is 5.97. The molecule has 0 aliphatic heterocycles. The highest BCUT2D eigenvalue weighted by Gasteiger charge is 2.24. The molecule has 1 atom stereocenters. The standard InChI is InChI=1S/C22H27NO3/c1-17(26-15-19-11-12-19)22(24)23-13-20-9-5-6-10-21(20)16-25-14-18-7-3-2-4-8-18/h2-10,17,19H,11-16H2,1H3,(H,23,24). The summed E-state index contributed by atoms with van der Waals surface area (Å²) in [7, 11) is 0. The van der Waals surface area contributed by atoms with E-state index in [9.17, 15) is 4.79 Å². The molecule has 0 aromatic heterocycles. The minimum absolute atomic E-state index is 0.0642. The summed E-state index contributed by atoms with van der Waals surface area (Å²) in [6, 6.07) is 18.2. The van der Waals surface area contributed by atoms with E-state index >= 15 is 0 Å². The number of benzene rings is 2. The lowest BCUT2D eigenvalue weighted by Gasteiger charge is -2.15. The van der Waals surface area contributed by atoms with Crippen molar-refractivity contribution in [2.24, 2.45) is 5.92 Å². The zero-order chi connectivity index (χ0) is 18.2. The monoisotopic (exact) mass is 353 g/mol. The Morgan fingerprint density at radius 1 is 1.04 bits per heavy atom. The van der Waals surface area contributed by atoms with Crippen LogP contribution in [0.5, 0.6) is 0 Å². The summed E-state index contributed by atoms with van der Waals surface area (Å²) in [4.78, 5) is 12.2. The van der Waals surface area contributed by atoms with Gasteiger partial charge in [-0.2, -0.15) is 0 Å². The summed E-state index contributed by atoms with van der Waals surface area (Å²) in [5, 5.41) is 2.97. The molecule has 1 fully saturated rings. The molecule has 4 nitrogen and oxygen atoms in total. The predicted octanol–water partition coefficient (Wildman–Crippen LogP) is 3.83. The van der Waals surface area contributed by atoms with Crippen LogP contribution in [0.3, 0.4) is 0 Å². The van der Waals surface area contributed by atoms with Gasteiger partial charge >= 0.3 is 0 Å². The van der Waals surface area contributed by atoms with Crippen molar-refractivity contribution in [2.45, 2.75) is 45.6 Å². The molecular formula is C22H27NO3. The Labute approximate surface area is 155 Å². The molecule has 3 rings (SSSR count). The van der Waals surface area contributed by atoms with E-state index in [1.54, 1.807) is 0 Å². The van der Waals surface area contributed by atoms with Crippen molar-refractivity contribution in [3.8, 4) is 0 Å². The summed E-state index contributed by atoms with van der Waals surface area (Å²) in [5.74, 6) is 0.596. The Hall–Kier alpha value is -2.17. The largest absolute Gasteiger partial charge is 0.372 e. The van der Waals surface area contributed by atoms with E-state index in [1.165, 1.54) is 12.8 Å². The van der Waals surface area contributed by atoms with E-state index in [4.69, 9.17) is 9.47 Å². The highest BCUT2D eigenvalue weighted by atomic mass is 16.5. The van der Waals surface area contributed by atoms with Gasteiger partial charge in [0, 0.05) is 6.54 Å². The van der Waals surface area contributed by atoms with E-state index in [0.29, 0.717) is 32.3 Å². The molecular weight excluding hydrogens is 326 g/mol. The Kier molecular flexibility index (Phi) is 6.81. The molecule has 2 aromatic carbocycles. The topological polar surface area (TPSA) is 47.6 Å². The second kappa shape index (κ2) is 9.51. The predicted molar refractivity (Wildman–Crippen MR) is 101 cm³/mol. The zero-order valence-electron chi connectivity index (χ0n) is 15.3. The van der Waals surface area contributed by atoms with Crippen LogP contribution in [0.25, 0.3) is 0 Å². The minimum Gasteiger partial charge on any atom is -0.372 e. The van der Waals surface area contributed by atoms with Crippen molar-refractivity contribution in [3.05, 3.63) is 71.3 Å². The van der Waals surface area contributed by atoms with Crippen molar-refractivity contribution < 1.29 is 14.3 Å². The van der Waals surface area contributed by atoms with Crippen LogP contribution in [0, 0.1) is 5.92 Å². The first-order valence-corrected chi connectivity index (χ1v) is 9.30. The molecule has 1 saturated carbocycles. The van der Waals surface area contributed by atoms with Crippen molar-refractivity contribution >= 4 is 5.91 Å². The Morgan fingerprint density at radius 3 is 2.46 bits per heavy atom. The van der Waals surface area contributed by atoms with Gasteiger partial charge in [0.25, 0.3) is 0 Å². The lowest BCUT2D eigenvalue weighted by atomic mass is 10.1. The van der Waals surface area contributed by atoms with Crippen LogP contribution in [0.2, 0.25) is 0 Å². The first-order chi connectivity index (χ1) is 12.7. The quantitative estimate of drug-likeness (QED) is 0.706. The lowest BCUT2D eigenvalue weighted by Crippen LogP contribution is -2.34. The fourth-order valence-corrected chi connectivity index (χ4v) is 2.69. The molecule has 0 radical (unpaired) electrons. The highest BCUT2D eigenvalue weighted by Crippen LogP contribution is 2.29. The Morgan fingerprint density at radius 2 is 1.73 bits per heavy atom. The van der Waals surface area contributed by atoms with Gasteiger partial charge in [-0.15, -0.1) is 0 Å². The van der Waals surface area contributed by atoms with Crippen molar-refractivity contribution in [2.75, 3.05) is 6.61 Å². The van der Waals surface area contributed by atoms with Crippen molar-refractivity contribution in [3.63, 3.8) is 0 Å². The number of hydrogen-bond donors (Lipinski definition) is 1. The van der Waals surface area contributed by atoms with E-state index in [-0.39, 0.29) is 5.91 Å². The van der Waals surface area contributed by atoms with Crippen LogP contribution in [0.15, 0.2) is 54.6 Å². The minimum atomic E-state index is -0.405. The number of ether oxygens (including phenoxy) is 2. The fourth-order valence-electron chi connectivity index (χ4n) is 2.69. The molecule has 1 unspecified atom stereocenters. The van der Waals surface area contributed by atoms with Gasteiger partial charge in [-0.05, 0) is 42.4 Å². The average molecular weight is 353 g/mol. The summed E-state index contributed by atoms with van der Waals surface area (Å²) in [5.41, 5.74) is 3.32. The molecule has 0 bridgehead atoms. The van der Waals surface area contributed by atoms with Gasteiger partial charge in [-0.1, -0.05) is 54.6 Å². The number of carbonyl (C=O) groups is 1. The summed E-state index contributed by atoms with van der Waals surface area (Å²) < 4.78 is 11.5. The smallest absolute Gasteiger partial charge is 0.249 e. The third-order valence-electron chi connectivity index (χ3n) is 4.59. The number of nitrogens with one attached hydrogen (secondary N) is 1. The Bertz CT molecular complexity index is 698. The van der Waals surface area contributed by atoms with Crippen LogP contribution in [-0.2, 0) is 34.0 Å². The average Bonchev–Trinajstić information content (AvgIpc) is 3.50. The van der Waals surface area contributed by atoms with Gasteiger partial charge in [0.05, 0.1) is 19.8 Å². The second-order valence-corrected chi connectivity index (χ2v) is 6.88. The first-order valence-electron chi connectivity index (χ1n) is 9.30. The van der Waals surface area contributed by atoms with Crippen LogP contribution in [-0.4, -0.2) is 18.6 Å². The normalized spacial score (nSPS) is 14.8. The maximum absolute atomic E-state index is 12.2. The summed E-state index contributed by atoms with van der Waals surface area (Å²) in [6.07, 6.45) is 2.05. The van der Waals surface area contributed by atoms with Crippen molar-refractivity contribution in [1.82, 2.24) is 5.32 Å². The molecule has 2 aromatic rings. The number of carbonyl (C=O) groups excluding carboxylic acids is 1. The molecule has 1 aliphatic rings.